The summed E-state index contributed by atoms with van der Waals surface area (Å²) >= 11 is 0. The molecular weight excluding hydrogens is 276 g/mol. The topological polar surface area (TPSA) is 49.9 Å². The van der Waals surface area contributed by atoms with Crippen molar-refractivity contribution in [3.8, 4) is 5.75 Å². The van der Waals surface area contributed by atoms with Gasteiger partial charge in [0.05, 0.1) is 6.26 Å². The molecule has 0 N–H and O–H groups in total. The van der Waals surface area contributed by atoms with Crippen LogP contribution in [0.2, 0.25) is 0 Å². The Morgan fingerprint density at radius 1 is 1.20 bits per heavy atom. The molecule has 5 nitrogen and oxygen atoms in total. The minimum Gasteiger partial charge on any atom is -0.492 e. The molecule has 0 spiro atoms. The summed E-state index contributed by atoms with van der Waals surface area (Å²) in [6.07, 6.45) is 1.27. The summed E-state index contributed by atoms with van der Waals surface area (Å²) in [5, 5.41) is 0. The highest BCUT2D eigenvalue weighted by Gasteiger charge is 2.22. The van der Waals surface area contributed by atoms with Crippen LogP contribution in [0, 0.1) is 6.92 Å². The largest absolute Gasteiger partial charge is 0.492 e. The second kappa shape index (κ2) is 6.56. The quantitative estimate of drug-likeness (QED) is 0.812. The number of rotatable bonds is 5. The molecule has 20 heavy (non-hydrogen) atoms. The zero-order valence-corrected chi connectivity index (χ0v) is 12.9. The molecule has 0 radical (unpaired) electrons. The Kier molecular flexibility index (Phi) is 5.01. The molecule has 6 heteroatoms. The summed E-state index contributed by atoms with van der Waals surface area (Å²) in [5.74, 6) is 0.889. The van der Waals surface area contributed by atoms with Crippen molar-refractivity contribution >= 4 is 10.0 Å². The lowest BCUT2D eigenvalue weighted by atomic mass is 10.2. The zero-order chi connectivity index (χ0) is 14.6. The number of aryl methyl sites for hydroxylation is 1. The Balaban J connectivity index is 1.71. The van der Waals surface area contributed by atoms with Gasteiger partial charge in [0.1, 0.15) is 12.4 Å². The van der Waals surface area contributed by atoms with Crippen molar-refractivity contribution in [3.05, 3.63) is 29.8 Å². The predicted octanol–water partition coefficient (Wildman–Crippen LogP) is 0.951. The van der Waals surface area contributed by atoms with Crippen LogP contribution in [0.15, 0.2) is 24.3 Å². The highest BCUT2D eigenvalue weighted by molar-refractivity contribution is 7.88. The van der Waals surface area contributed by atoms with Crippen molar-refractivity contribution in [2.75, 3.05) is 45.6 Å². The van der Waals surface area contributed by atoms with Crippen molar-refractivity contribution in [1.82, 2.24) is 9.21 Å². The number of hydrogen-bond acceptors (Lipinski definition) is 4. The zero-order valence-electron chi connectivity index (χ0n) is 12.1. The maximum atomic E-state index is 11.4. The number of hydrogen-bond donors (Lipinski definition) is 0. The lowest BCUT2D eigenvalue weighted by molar-refractivity contribution is 0.159. The Morgan fingerprint density at radius 2 is 1.90 bits per heavy atom. The number of nitrogens with zero attached hydrogens (tertiary/aromatic N) is 2. The van der Waals surface area contributed by atoms with Gasteiger partial charge in [-0.2, -0.15) is 4.31 Å². The van der Waals surface area contributed by atoms with Gasteiger partial charge in [0.2, 0.25) is 10.0 Å². The first-order valence-corrected chi connectivity index (χ1v) is 8.67. The number of piperazine rings is 1. The molecule has 1 aliphatic rings. The lowest BCUT2D eigenvalue weighted by Crippen LogP contribution is -2.49. The van der Waals surface area contributed by atoms with Gasteiger partial charge in [-0.05, 0) is 24.6 Å². The molecule has 2 rings (SSSR count). The van der Waals surface area contributed by atoms with Crippen LogP contribution in [-0.4, -0.2) is 63.2 Å². The fraction of sp³-hybridized carbons (Fsp3) is 0.571. The molecule has 0 bridgehead atoms. The lowest BCUT2D eigenvalue weighted by Gasteiger charge is -2.33. The van der Waals surface area contributed by atoms with Crippen molar-refractivity contribution in [1.29, 1.82) is 0 Å². The minimum atomic E-state index is -3.04. The third-order valence-corrected chi connectivity index (χ3v) is 4.77. The van der Waals surface area contributed by atoms with Crippen LogP contribution >= 0.6 is 0 Å². The van der Waals surface area contributed by atoms with E-state index in [2.05, 4.69) is 4.90 Å². The summed E-state index contributed by atoms with van der Waals surface area (Å²) in [7, 11) is -3.04. The molecule has 1 aromatic rings. The van der Waals surface area contributed by atoms with E-state index in [0.29, 0.717) is 19.7 Å². The molecule has 0 amide bonds. The molecule has 0 aromatic heterocycles. The Bertz CT molecular complexity index is 537. The van der Waals surface area contributed by atoms with Crippen molar-refractivity contribution in [2.24, 2.45) is 0 Å². The average molecular weight is 298 g/mol. The van der Waals surface area contributed by atoms with E-state index in [1.807, 2.05) is 31.2 Å². The summed E-state index contributed by atoms with van der Waals surface area (Å²) in [4.78, 5) is 2.23. The molecule has 1 saturated heterocycles. The Morgan fingerprint density at radius 3 is 2.50 bits per heavy atom. The van der Waals surface area contributed by atoms with Crippen LogP contribution in [0.3, 0.4) is 0 Å². The van der Waals surface area contributed by atoms with E-state index in [1.165, 1.54) is 16.1 Å². The minimum absolute atomic E-state index is 0.573. The molecule has 0 atom stereocenters. The monoisotopic (exact) mass is 298 g/mol. The van der Waals surface area contributed by atoms with Gasteiger partial charge in [-0.1, -0.05) is 12.1 Å². The fourth-order valence-electron chi connectivity index (χ4n) is 2.28. The average Bonchev–Trinajstić information content (AvgIpc) is 2.38. The number of benzene rings is 1. The molecule has 1 aliphatic heterocycles. The van der Waals surface area contributed by atoms with Gasteiger partial charge < -0.3 is 4.74 Å². The Hall–Kier alpha value is -1.11. The van der Waals surface area contributed by atoms with Gasteiger partial charge in [-0.25, -0.2) is 8.42 Å². The molecule has 0 aliphatic carbocycles. The van der Waals surface area contributed by atoms with Gasteiger partial charge in [-0.15, -0.1) is 0 Å². The first-order chi connectivity index (χ1) is 9.45. The third-order valence-electron chi connectivity index (χ3n) is 3.47. The summed E-state index contributed by atoms with van der Waals surface area (Å²) in [6.45, 7) is 6.17. The standard InChI is InChI=1S/C14H22N2O3S/c1-13-4-3-5-14(12-13)19-11-10-15-6-8-16(9-7-15)20(2,17)18/h3-5,12H,6-11H2,1-2H3. The fourth-order valence-corrected chi connectivity index (χ4v) is 3.11. The van der Waals surface area contributed by atoms with Crippen molar-refractivity contribution < 1.29 is 13.2 Å². The molecular formula is C14H22N2O3S. The highest BCUT2D eigenvalue weighted by Crippen LogP contribution is 2.12. The maximum Gasteiger partial charge on any atom is 0.211 e. The van der Waals surface area contributed by atoms with E-state index in [0.717, 1.165) is 25.4 Å². The van der Waals surface area contributed by atoms with E-state index in [9.17, 15) is 8.42 Å². The van der Waals surface area contributed by atoms with Crippen LogP contribution in [0.4, 0.5) is 0 Å². The van der Waals surface area contributed by atoms with Crippen LogP contribution in [0.25, 0.3) is 0 Å². The highest BCUT2D eigenvalue weighted by atomic mass is 32.2. The normalized spacial score (nSPS) is 18.1. The summed E-state index contributed by atoms with van der Waals surface area (Å²) in [5.41, 5.74) is 1.18. The maximum absolute atomic E-state index is 11.4. The van der Waals surface area contributed by atoms with Crippen LogP contribution < -0.4 is 4.74 Å². The molecule has 0 saturated carbocycles. The molecule has 112 valence electrons. The van der Waals surface area contributed by atoms with Gasteiger partial charge in [-0.3, -0.25) is 4.90 Å². The smallest absolute Gasteiger partial charge is 0.211 e. The van der Waals surface area contributed by atoms with E-state index >= 15 is 0 Å². The van der Waals surface area contributed by atoms with Crippen LogP contribution in [-0.2, 0) is 10.0 Å². The predicted molar refractivity (Wildman–Crippen MR) is 79.5 cm³/mol. The molecule has 1 aromatic carbocycles. The SMILES string of the molecule is Cc1cccc(OCCN2CCN(S(C)(=O)=O)CC2)c1. The molecule has 1 heterocycles. The van der Waals surface area contributed by atoms with Gasteiger partial charge >= 0.3 is 0 Å². The van der Waals surface area contributed by atoms with Crippen molar-refractivity contribution in [2.45, 2.75) is 6.92 Å². The first-order valence-electron chi connectivity index (χ1n) is 6.82. The van der Waals surface area contributed by atoms with E-state index in [4.69, 9.17) is 4.74 Å². The van der Waals surface area contributed by atoms with Gasteiger partial charge in [0, 0.05) is 32.7 Å². The molecule has 1 fully saturated rings. The van der Waals surface area contributed by atoms with Crippen LogP contribution in [0.5, 0.6) is 5.75 Å². The van der Waals surface area contributed by atoms with E-state index in [-0.39, 0.29) is 0 Å². The molecule has 0 unspecified atom stereocenters. The van der Waals surface area contributed by atoms with E-state index < -0.39 is 10.0 Å². The van der Waals surface area contributed by atoms with Crippen LogP contribution in [0.1, 0.15) is 5.56 Å². The number of ether oxygens (including phenoxy) is 1. The van der Waals surface area contributed by atoms with Gasteiger partial charge in [0.25, 0.3) is 0 Å². The summed E-state index contributed by atoms with van der Waals surface area (Å²) in [6, 6.07) is 7.99. The van der Waals surface area contributed by atoms with Gasteiger partial charge in [0.15, 0.2) is 0 Å². The second-order valence-corrected chi connectivity index (χ2v) is 7.15. The second-order valence-electron chi connectivity index (χ2n) is 5.17. The summed E-state index contributed by atoms with van der Waals surface area (Å²) < 4.78 is 30.1. The first kappa shape index (κ1) is 15.3. The Labute approximate surface area is 121 Å². The number of sulfonamides is 1. The van der Waals surface area contributed by atoms with E-state index in [1.54, 1.807) is 0 Å². The third kappa shape index (κ3) is 4.47. The van der Waals surface area contributed by atoms with Crippen molar-refractivity contribution in [3.63, 3.8) is 0 Å².